The van der Waals surface area contributed by atoms with E-state index in [0.29, 0.717) is 0 Å². The lowest BCUT2D eigenvalue weighted by atomic mass is 10.1. The summed E-state index contributed by atoms with van der Waals surface area (Å²) in [4.78, 5) is 11.7. The van der Waals surface area contributed by atoms with Crippen molar-refractivity contribution in [2.75, 3.05) is 18.5 Å². The van der Waals surface area contributed by atoms with E-state index in [-0.39, 0.29) is 28.8 Å². The van der Waals surface area contributed by atoms with Gasteiger partial charge >= 0.3 is 0 Å². The Hall–Kier alpha value is -1.56. The number of nitrogen functional groups attached to an aromatic ring is 1. The number of para-hydroxylation sites is 1. The summed E-state index contributed by atoms with van der Waals surface area (Å²) in [6.45, 7) is 2.06. The first-order valence-corrected chi connectivity index (χ1v) is 6.73. The van der Waals surface area contributed by atoms with Gasteiger partial charge in [-0.25, -0.2) is 0 Å². The van der Waals surface area contributed by atoms with E-state index in [4.69, 9.17) is 5.73 Å². The van der Waals surface area contributed by atoms with Crippen LogP contribution in [0.4, 0.5) is 5.69 Å². The van der Waals surface area contributed by atoms with Gasteiger partial charge in [0.05, 0.1) is 11.3 Å². The quantitative estimate of drug-likeness (QED) is 0.539. The Kier molecular flexibility index (Phi) is 4.51. The van der Waals surface area contributed by atoms with Crippen LogP contribution in [0.1, 0.15) is 17.3 Å². The number of amides is 1. The van der Waals surface area contributed by atoms with Gasteiger partial charge in [0.2, 0.25) is 0 Å². The molecule has 2 atom stereocenters. The average Bonchev–Trinajstić information content (AvgIpc) is 2.29. The number of rotatable bonds is 4. The first kappa shape index (κ1) is 13.5. The highest BCUT2D eigenvalue weighted by Gasteiger charge is 2.14. The van der Waals surface area contributed by atoms with Crippen molar-refractivity contribution in [3.63, 3.8) is 0 Å². The van der Waals surface area contributed by atoms with Crippen LogP contribution < -0.4 is 11.1 Å². The van der Waals surface area contributed by atoms with Gasteiger partial charge in [0.15, 0.2) is 5.75 Å². The molecule has 0 saturated heterocycles. The van der Waals surface area contributed by atoms with Crippen molar-refractivity contribution in [2.24, 2.45) is 0 Å². The van der Waals surface area contributed by atoms with Gasteiger partial charge in [0.25, 0.3) is 5.91 Å². The molecule has 17 heavy (non-hydrogen) atoms. The Labute approximate surface area is 102 Å². The van der Waals surface area contributed by atoms with Gasteiger partial charge in [0, 0.05) is 28.9 Å². The third kappa shape index (κ3) is 3.45. The molecule has 1 aromatic rings. The monoisotopic (exact) mass is 256 g/mol. The summed E-state index contributed by atoms with van der Waals surface area (Å²) < 4.78 is 11.1. The van der Waals surface area contributed by atoms with Crippen LogP contribution in [0.5, 0.6) is 5.75 Å². The second-order valence-corrected chi connectivity index (χ2v) is 5.56. The second-order valence-electron chi connectivity index (χ2n) is 3.76. The highest BCUT2D eigenvalue weighted by Crippen LogP contribution is 2.23. The van der Waals surface area contributed by atoms with Gasteiger partial charge in [-0.2, -0.15) is 0 Å². The fourth-order valence-corrected chi connectivity index (χ4v) is 1.51. The Morgan fingerprint density at radius 2 is 2.24 bits per heavy atom. The van der Waals surface area contributed by atoms with Gasteiger partial charge in [-0.05, 0) is 19.1 Å². The number of anilines is 1. The minimum atomic E-state index is -0.995. The predicted octanol–water partition coefficient (Wildman–Crippen LogP) is 0.471. The zero-order chi connectivity index (χ0) is 13.0. The summed E-state index contributed by atoms with van der Waals surface area (Å²) in [5, 5.41) is 12.1. The minimum Gasteiger partial charge on any atom is -0.505 e. The summed E-state index contributed by atoms with van der Waals surface area (Å²) >= 11 is 0. The smallest absolute Gasteiger partial charge is 0.255 e. The van der Waals surface area contributed by atoms with Gasteiger partial charge < -0.3 is 16.2 Å². The van der Waals surface area contributed by atoms with Crippen molar-refractivity contribution in [1.29, 1.82) is 0 Å². The van der Waals surface area contributed by atoms with Gasteiger partial charge in [-0.15, -0.1) is 0 Å². The van der Waals surface area contributed by atoms with Crippen molar-refractivity contribution >= 4 is 22.4 Å². The third-order valence-electron chi connectivity index (χ3n) is 2.43. The second kappa shape index (κ2) is 5.67. The summed E-state index contributed by atoms with van der Waals surface area (Å²) in [7, 11) is -0.995. The Morgan fingerprint density at radius 3 is 2.82 bits per heavy atom. The fourth-order valence-electron chi connectivity index (χ4n) is 1.19. The van der Waals surface area contributed by atoms with E-state index in [1.807, 2.05) is 0 Å². The molecule has 5 nitrogen and oxygen atoms in total. The van der Waals surface area contributed by atoms with Crippen LogP contribution in [0.3, 0.4) is 0 Å². The number of aromatic hydroxyl groups is 1. The van der Waals surface area contributed by atoms with Crippen molar-refractivity contribution in [3.8, 4) is 5.75 Å². The number of hydrogen-bond donors (Lipinski definition) is 3. The van der Waals surface area contributed by atoms with Crippen molar-refractivity contribution < 1.29 is 14.1 Å². The summed E-state index contributed by atoms with van der Waals surface area (Å²) in [5.41, 5.74) is 5.77. The maximum atomic E-state index is 11.7. The van der Waals surface area contributed by atoms with Gasteiger partial charge in [-0.3, -0.25) is 9.00 Å². The van der Waals surface area contributed by atoms with Crippen LogP contribution in [-0.2, 0) is 10.8 Å². The molecule has 0 heterocycles. The van der Waals surface area contributed by atoms with E-state index >= 15 is 0 Å². The molecular formula is C11H16N2O3S. The van der Waals surface area contributed by atoms with Crippen molar-refractivity contribution in [2.45, 2.75) is 12.2 Å². The van der Waals surface area contributed by atoms with Crippen molar-refractivity contribution in [3.05, 3.63) is 23.8 Å². The molecule has 0 fully saturated rings. The Morgan fingerprint density at radius 1 is 1.59 bits per heavy atom. The molecule has 0 spiro atoms. The molecule has 2 unspecified atom stereocenters. The molecule has 0 aliphatic rings. The first-order valence-electron chi connectivity index (χ1n) is 5.11. The number of benzene rings is 1. The van der Waals surface area contributed by atoms with E-state index in [1.54, 1.807) is 19.2 Å². The van der Waals surface area contributed by atoms with Crippen LogP contribution in [0.15, 0.2) is 18.2 Å². The molecule has 0 aromatic heterocycles. The first-order chi connectivity index (χ1) is 7.93. The van der Waals surface area contributed by atoms with Crippen LogP contribution in [0.25, 0.3) is 0 Å². The van der Waals surface area contributed by atoms with E-state index in [0.717, 1.165) is 0 Å². The normalized spacial score (nSPS) is 14.0. The molecule has 0 radical (unpaired) electrons. The Bertz CT molecular complexity index is 448. The average molecular weight is 256 g/mol. The maximum Gasteiger partial charge on any atom is 0.255 e. The molecular weight excluding hydrogens is 240 g/mol. The SMILES string of the molecule is CC(CNC(=O)c1cccc(N)c1O)S(C)=O. The van der Waals surface area contributed by atoms with Crippen LogP contribution in [0.2, 0.25) is 0 Å². The molecule has 0 aliphatic carbocycles. The molecule has 0 aliphatic heterocycles. The summed E-state index contributed by atoms with van der Waals surface area (Å²) in [6.07, 6.45) is 1.58. The molecule has 4 N–H and O–H groups in total. The topological polar surface area (TPSA) is 92.4 Å². The molecule has 6 heteroatoms. The number of phenolic OH excluding ortho intramolecular Hbond substituents is 1. The molecule has 1 aromatic carbocycles. The third-order valence-corrected chi connectivity index (χ3v) is 3.73. The number of nitrogens with two attached hydrogens (primary N) is 1. The largest absolute Gasteiger partial charge is 0.505 e. The number of carbonyl (C=O) groups excluding carboxylic acids is 1. The maximum absolute atomic E-state index is 11.7. The van der Waals surface area contributed by atoms with Crippen molar-refractivity contribution in [1.82, 2.24) is 5.32 Å². The standard InChI is InChI=1S/C11H16N2O3S/c1-7(17(2)16)6-13-11(15)8-4-3-5-9(12)10(8)14/h3-5,7,14H,6,12H2,1-2H3,(H,13,15). The highest BCUT2D eigenvalue weighted by atomic mass is 32.2. The van der Waals surface area contributed by atoms with E-state index in [9.17, 15) is 14.1 Å². The van der Waals surface area contributed by atoms with Crippen LogP contribution >= 0.6 is 0 Å². The van der Waals surface area contributed by atoms with E-state index in [2.05, 4.69) is 5.32 Å². The number of phenols is 1. The lowest BCUT2D eigenvalue weighted by Crippen LogP contribution is -2.32. The lowest BCUT2D eigenvalue weighted by Gasteiger charge is -2.11. The molecule has 1 rings (SSSR count). The van der Waals surface area contributed by atoms with Gasteiger partial charge in [-0.1, -0.05) is 6.07 Å². The zero-order valence-corrected chi connectivity index (χ0v) is 10.6. The minimum absolute atomic E-state index is 0.124. The highest BCUT2D eigenvalue weighted by molar-refractivity contribution is 7.84. The summed E-state index contributed by atoms with van der Waals surface area (Å²) in [5.74, 6) is -0.651. The molecule has 1 amide bonds. The molecule has 0 saturated carbocycles. The van der Waals surface area contributed by atoms with Gasteiger partial charge in [0.1, 0.15) is 0 Å². The van der Waals surface area contributed by atoms with E-state index in [1.165, 1.54) is 12.1 Å². The predicted molar refractivity (Wildman–Crippen MR) is 68.4 cm³/mol. The lowest BCUT2D eigenvalue weighted by molar-refractivity contribution is 0.0951. The molecule has 94 valence electrons. The molecule has 0 bridgehead atoms. The summed E-state index contributed by atoms with van der Waals surface area (Å²) in [6, 6.07) is 4.58. The number of nitrogens with one attached hydrogen (secondary N) is 1. The van der Waals surface area contributed by atoms with Crippen LogP contribution in [-0.4, -0.2) is 33.3 Å². The van der Waals surface area contributed by atoms with E-state index < -0.39 is 16.7 Å². The number of carbonyl (C=O) groups is 1. The zero-order valence-electron chi connectivity index (χ0n) is 9.77. The van der Waals surface area contributed by atoms with Crippen LogP contribution in [0, 0.1) is 0 Å². The Balaban J connectivity index is 2.71. The fraction of sp³-hybridized carbons (Fsp3) is 0.364. The number of hydrogen-bond acceptors (Lipinski definition) is 4.